The van der Waals surface area contributed by atoms with E-state index in [9.17, 15) is 18.0 Å². The maximum atomic E-state index is 13.2. The molecule has 2 fully saturated rings. The number of carbonyl (C=O) groups is 1. The molecule has 8 heteroatoms. The minimum Gasteiger partial charge on any atom is -0.334 e. The number of hydrogen-bond acceptors (Lipinski definition) is 5. The number of nitrogens with zero attached hydrogens (tertiary/aromatic N) is 3. The van der Waals surface area contributed by atoms with Crippen LogP contribution in [0.5, 0.6) is 0 Å². The summed E-state index contributed by atoms with van der Waals surface area (Å²) in [6.07, 6.45) is 5.60. The molecule has 4 rings (SSSR count). The molecule has 2 aromatic rings. The number of aromatic nitrogens is 2. The van der Waals surface area contributed by atoms with Crippen molar-refractivity contribution in [3.8, 4) is 0 Å². The summed E-state index contributed by atoms with van der Waals surface area (Å²) >= 11 is 0. The topological polar surface area (TPSA) is 89.3 Å². The van der Waals surface area contributed by atoms with Crippen molar-refractivity contribution < 1.29 is 13.2 Å². The van der Waals surface area contributed by atoms with Gasteiger partial charge in [0.1, 0.15) is 6.54 Å². The quantitative estimate of drug-likeness (QED) is 0.788. The lowest BCUT2D eigenvalue weighted by Crippen LogP contribution is -2.49. The van der Waals surface area contributed by atoms with Gasteiger partial charge in [-0.1, -0.05) is 25.0 Å². The predicted molar refractivity (Wildman–Crippen MR) is 102 cm³/mol. The van der Waals surface area contributed by atoms with Gasteiger partial charge in [0.2, 0.25) is 5.91 Å². The molecule has 0 N–H and O–H groups in total. The summed E-state index contributed by atoms with van der Waals surface area (Å²) in [7, 11) is -3.09. The Morgan fingerprint density at radius 3 is 2.59 bits per heavy atom. The number of benzene rings is 1. The van der Waals surface area contributed by atoms with Crippen molar-refractivity contribution in [1.82, 2.24) is 14.5 Å². The van der Waals surface area contributed by atoms with Crippen LogP contribution < -0.4 is 5.56 Å². The molecule has 1 atom stereocenters. The van der Waals surface area contributed by atoms with Gasteiger partial charge in [0.25, 0.3) is 5.56 Å². The highest BCUT2D eigenvalue weighted by molar-refractivity contribution is 7.91. The molecule has 0 bridgehead atoms. The van der Waals surface area contributed by atoms with Crippen LogP contribution in [0.4, 0.5) is 0 Å². The molecule has 1 saturated heterocycles. The van der Waals surface area contributed by atoms with Crippen LogP contribution in [0, 0.1) is 0 Å². The van der Waals surface area contributed by atoms with Crippen molar-refractivity contribution in [2.75, 3.05) is 11.5 Å². The predicted octanol–water partition coefficient (Wildman–Crippen LogP) is 1.35. The summed E-state index contributed by atoms with van der Waals surface area (Å²) in [4.78, 5) is 31.5. The maximum absolute atomic E-state index is 13.2. The molecule has 7 nitrogen and oxygen atoms in total. The highest BCUT2D eigenvalue weighted by Gasteiger charge is 2.39. The molecular weight excluding hydrogens is 366 g/mol. The van der Waals surface area contributed by atoms with Crippen LogP contribution in [-0.2, 0) is 21.2 Å². The summed E-state index contributed by atoms with van der Waals surface area (Å²) in [6.45, 7) is -0.0884. The molecule has 0 spiro atoms. The summed E-state index contributed by atoms with van der Waals surface area (Å²) in [5.74, 6) is -0.0180. The van der Waals surface area contributed by atoms with E-state index in [0.717, 1.165) is 25.7 Å². The number of para-hydroxylation sites is 2. The third-order valence-electron chi connectivity index (χ3n) is 5.65. The fraction of sp³-hybridized carbons (Fsp3) is 0.526. The van der Waals surface area contributed by atoms with Gasteiger partial charge in [0, 0.05) is 12.1 Å². The lowest BCUT2D eigenvalue weighted by molar-refractivity contribution is -0.136. The Bertz CT molecular complexity index is 1020. The van der Waals surface area contributed by atoms with Gasteiger partial charge in [0.05, 0.1) is 28.7 Å². The number of carbonyl (C=O) groups excluding carboxylic acids is 1. The van der Waals surface area contributed by atoms with Crippen LogP contribution >= 0.6 is 0 Å². The van der Waals surface area contributed by atoms with Crippen LogP contribution in [-0.4, -0.2) is 52.4 Å². The molecule has 1 amide bonds. The molecule has 1 aromatic carbocycles. The van der Waals surface area contributed by atoms with E-state index in [2.05, 4.69) is 4.98 Å². The van der Waals surface area contributed by atoms with E-state index in [0.29, 0.717) is 17.5 Å². The van der Waals surface area contributed by atoms with Crippen molar-refractivity contribution in [3.63, 3.8) is 0 Å². The summed E-state index contributed by atoms with van der Waals surface area (Å²) < 4.78 is 25.4. The average molecular weight is 389 g/mol. The molecular formula is C19H23N3O4S. The van der Waals surface area contributed by atoms with Crippen molar-refractivity contribution in [1.29, 1.82) is 0 Å². The average Bonchev–Trinajstić information content (AvgIpc) is 3.28. The summed E-state index contributed by atoms with van der Waals surface area (Å²) in [6, 6.07) is 7.00. The number of hydrogen-bond donors (Lipinski definition) is 0. The molecule has 1 aromatic heterocycles. The molecule has 27 heavy (non-hydrogen) atoms. The minimum atomic E-state index is -3.09. The van der Waals surface area contributed by atoms with Crippen LogP contribution in [0.15, 0.2) is 35.3 Å². The minimum absolute atomic E-state index is 0.0290. The Balaban J connectivity index is 1.67. The normalized spacial score (nSPS) is 22.3. The zero-order chi connectivity index (χ0) is 19.0. The molecule has 0 unspecified atom stereocenters. The van der Waals surface area contributed by atoms with Gasteiger partial charge in [-0.25, -0.2) is 13.4 Å². The van der Waals surface area contributed by atoms with Gasteiger partial charge in [0.15, 0.2) is 9.84 Å². The van der Waals surface area contributed by atoms with E-state index in [1.165, 1.54) is 10.8 Å². The highest BCUT2D eigenvalue weighted by Crippen LogP contribution is 2.29. The van der Waals surface area contributed by atoms with Crippen LogP contribution in [0.3, 0.4) is 0 Å². The maximum Gasteiger partial charge on any atom is 0.269 e. The SMILES string of the molecule is O=C(Cn1c(=O)cnc2ccccc21)N(C1CCCC1)[C@@H]1CCS(=O)(=O)C1. The molecule has 144 valence electrons. The number of amides is 1. The Labute approximate surface area is 157 Å². The fourth-order valence-electron chi connectivity index (χ4n) is 4.38. The molecule has 2 aliphatic rings. The Morgan fingerprint density at radius 2 is 1.89 bits per heavy atom. The van der Waals surface area contributed by atoms with Crippen LogP contribution in [0.2, 0.25) is 0 Å². The van der Waals surface area contributed by atoms with Crippen molar-refractivity contribution in [3.05, 3.63) is 40.8 Å². The highest BCUT2D eigenvalue weighted by atomic mass is 32.2. The van der Waals surface area contributed by atoms with E-state index in [1.54, 1.807) is 17.0 Å². The first-order valence-electron chi connectivity index (χ1n) is 9.41. The second-order valence-electron chi connectivity index (χ2n) is 7.47. The lowest BCUT2D eigenvalue weighted by Gasteiger charge is -2.34. The van der Waals surface area contributed by atoms with E-state index < -0.39 is 9.84 Å². The smallest absolute Gasteiger partial charge is 0.269 e. The third kappa shape index (κ3) is 3.63. The van der Waals surface area contributed by atoms with Gasteiger partial charge in [-0.3, -0.25) is 14.2 Å². The summed E-state index contributed by atoms with van der Waals surface area (Å²) in [5, 5.41) is 0. The molecule has 1 saturated carbocycles. The molecule has 0 radical (unpaired) electrons. The Kier molecular flexibility index (Phi) is 4.75. The van der Waals surface area contributed by atoms with E-state index in [-0.39, 0.29) is 41.6 Å². The fourth-order valence-corrected chi connectivity index (χ4v) is 6.09. The van der Waals surface area contributed by atoms with Crippen molar-refractivity contribution >= 4 is 26.8 Å². The van der Waals surface area contributed by atoms with Gasteiger partial charge in [-0.15, -0.1) is 0 Å². The number of sulfone groups is 1. The van der Waals surface area contributed by atoms with Crippen LogP contribution in [0.25, 0.3) is 11.0 Å². The number of rotatable bonds is 4. The van der Waals surface area contributed by atoms with Crippen LogP contribution in [0.1, 0.15) is 32.1 Å². The lowest BCUT2D eigenvalue weighted by atomic mass is 10.1. The van der Waals surface area contributed by atoms with Crippen molar-refractivity contribution in [2.45, 2.75) is 50.7 Å². The second-order valence-corrected chi connectivity index (χ2v) is 9.70. The molecule has 1 aliphatic carbocycles. The Morgan fingerprint density at radius 1 is 1.15 bits per heavy atom. The Hall–Kier alpha value is -2.22. The van der Waals surface area contributed by atoms with E-state index in [4.69, 9.17) is 0 Å². The molecule has 2 heterocycles. The van der Waals surface area contributed by atoms with E-state index >= 15 is 0 Å². The van der Waals surface area contributed by atoms with Gasteiger partial charge < -0.3 is 4.90 Å². The first-order chi connectivity index (χ1) is 12.9. The van der Waals surface area contributed by atoms with Gasteiger partial charge in [-0.05, 0) is 31.4 Å². The monoisotopic (exact) mass is 389 g/mol. The van der Waals surface area contributed by atoms with Gasteiger partial charge in [-0.2, -0.15) is 0 Å². The standard InChI is InChI=1S/C19H23N3O4S/c23-18-11-20-16-7-3-4-8-17(16)21(18)12-19(24)22(14-5-1-2-6-14)15-9-10-27(25,26)13-15/h3-4,7-8,11,14-15H,1-2,5-6,9-10,12-13H2/t15-/m1/s1. The third-order valence-corrected chi connectivity index (χ3v) is 7.40. The zero-order valence-corrected chi connectivity index (χ0v) is 15.9. The zero-order valence-electron chi connectivity index (χ0n) is 15.1. The summed E-state index contributed by atoms with van der Waals surface area (Å²) in [5.41, 5.74) is 0.942. The second kappa shape index (κ2) is 7.07. The van der Waals surface area contributed by atoms with Gasteiger partial charge >= 0.3 is 0 Å². The number of fused-ring (bicyclic) bond motifs is 1. The van der Waals surface area contributed by atoms with E-state index in [1.807, 2.05) is 12.1 Å². The first-order valence-corrected chi connectivity index (χ1v) is 11.2. The van der Waals surface area contributed by atoms with Crippen molar-refractivity contribution in [2.24, 2.45) is 0 Å². The largest absolute Gasteiger partial charge is 0.334 e. The molecule has 1 aliphatic heterocycles. The first kappa shape index (κ1) is 18.2.